The van der Waals surface area contributed by atoms with Crippen LogP contribution in [-0.4, -0.2) is 118 Å². The van der Waals surface area contributed by atoms with Crippen molar-refractivity contribution in [2.75, 3.05) is 51.1 Å². The van der Waals surface area contributed by atoms with Crippen LogP contribution in [0, 0.1) is 11.8 Å². The molecule has 2 aromatic rings. The van der Waals surface area contributed by atoms with Crippen LogP contribution in [0.4, 0.5) is 15.3 Å². The highest BCUT2D eigenvalue weighted by Crippen LogP contribution is 2.34. The second-order valence-corrected chi connectivity index (χ2v) is 15.2. The van der Waals surface area contributed by atoms with E-state index in [1.54, 1.807) is 32.9 Å². The van der Waals surface area contributed by atoms with Gasteiger partial charge in [-0.25, -0.2) is 9.59 Å². The number of nitrogens with one attached hydrogen (secondary N) is 1. The lowest BCUT2D eigenvalue weighted by molar-refractivity contribution is -0.143. The molecule has 3 fully saturated rings. The van der Waals surface area contributed by atoms with Gasteiger partial charge in [0.25, 0.3) is 5.91 Å². The van der Waals surface area contributed by atoms with E-state index < -0.39 is 18.2 Å². The van der Waals surface area contributed by atoms with Crippen LogP contribution in [0.2, 0.25) is 0 Å². The van der Waals surface area contributed by atoms with Crippen LogP contribution in [0.5, 0.6) is 5.75 Å². The van der Waals surface area contributed by atoms with Crippen molar-refractivity contribution in [3.05, 3.63) is 58.1 Å². The van der Waals surface area contributed by atoms with Crippen LogP contribution in [0.3, 0.4) is 0 Å². The molecule has 2 aromatic carbocycles. The van der Waals surface area contributed by atoms with Crippen molar-refractivity contribution < 1.29 is 38.9 Å². The number of carboxylic acids is 1. The number of para-hydroxylation sites is 1. The normalized spacial score (nSPS) is 19.8. The predicted molar refractivity (Wildman–Crippen MR) is 196 cm³/mol. The number of aromatic hydroxyl groups is 1. The molecule has 13 nitrogen and oxygen atoms in total. The lowest BCUT2D eigenvalue weighted by Crippen LogP contribution is -2.52. The van der Waals surface area contributed by atoms with Gasteiger partial charge in [0.05, 0.1) is 10.9 Å². The Morgan fingerprint density at radius 1 is 0.827 bits per heavy atom. The fourth-order valence-electron chi connectivity index (χ4n) is 8.15. The van der Waals surface area contributed by atoms with Gasteiger partial charge < -0.3 is 39.9 Å². The number of amides is 5. The van der Waals surface area contributed by atoms with E-state index in [2.05, 4.69) is 21.2 Å². The highest BCUT2D eigenvalue weighted by molar-refractivity contribution is 9.10. The van der Waals surface area contributed by atoms with E-state index in [-0.39, 0.29) is 48.9 Å². The fourth-order valence-corrected chi connectivity index (χ4v) is 8.58. The smallest absolute Gasteiger partial charge is 0.410 e. The number of fused-ring (bicyclic) bond motifs is 1. The Balaban J connectivity index is 1.03. The first-order valence-corrected chi connectivity index (χ1v) is 19.2. The minimum atomic E-state index is -1.05. The molecule has 1 atom stereocenters. The van der Waals surface area contributed by atoms with Crippen molar-refractivity contribution in [2.24, 2.45) is 11.8 Å². The quantitative estimate of drug-likeness (QED) is 0.317. The van der Waals surface area contributed by atoms with Gasteiger partial charge in [-0.15, -0.1) is 0 Å². The number of carbonyl (C=O) groups excluding carboxylic acids is 4. The zero-order chi connectivity index (χ0) is 36.8. The van der Waals surface area contributed by atoms with E-state index in [9.17, 15) is 29.1 Å². The molecule has 4 aliphatic rings. The molecule has 0 bridgehead atoms. The van der Waals surface area contributed by atoms with E-state index in [1.165, 1.54) is 0 Å². The largest absolute Gasteiger partial charge is 0.507 e. The maximum Gasteiger partial charge on any atom is 0.410 e. The standard InChI is InChI=1S/C38H48BrN5O8/c39-30-23-25(5-6-32(30)45)24-33(36(49)42-18-11-27(12-19-42)26-9-16-41(17-10-26)34(46)7-8-35(47)48)52-38(51)43-20-14-29(15-21-43)44-22-13-28-3-1-2-4-31(28)40-37(44)50/h1-6,23,26-27,29,33,45H,7-22,24H2,(H,40,50)(H,47,48)/t33-/m1/s1. The Morgan fingerprint density at radius 3 is 2.12 bits per heavy atom. The van der Waals surface area contributed by atoms with Gasteiger partial charge in [0, 0.05) is 70.4 Å². The number of phenols is 1. The molecule has 0 aromatic heterocycles. The fraction of sp³-hybridized carbons (Fsp3) is 0.553. The van der Waals surface area contributed by atoms with Crippen LogP contribution in [-0.2, 0) is 32.0 Å². The van der Waals surface area contributed by atoms with Crippen molar-refractivity contribution in [1.29, 1.82) is 0 Å². The Morgan fingerprint density at radius 2 is 1.46 bits per heavy atom. The number of benzene rings is 2. The molecule has 280 valence electrons. The molecule has 3 N–H and O–H groups in total. The van der Waals surface area contributed by atoms with E-state index in [1.807, 2.05) is 29.2 Å². The number of anilines is 1. The lowest BCUT2D eigenvalue weighted by Gasteiger charge is -2.41. The zero-order valence-electron chi connectivity index (χ0n) is 29.4. The van der Waals surface area contributed by atoms with E-state index >= 15 is 0 Å². The first-order valence-electron chi connectivity index (χ1n) is 18.4. The minimum Gasteiger partial charge on any atom is -0.507 e. The van der Waals surface area contributed by atoms with Gasteiger partial charge in [0.1, 0.15) is 5.75 Å². The Labute approximate surface area is 312 Å². The lowest BCUT2D eigenvalue weighted by atomic mass is 9.78. The van der Waals surface area contributed by atoms with Crippen LogP contribution in [0.25, 0.3) is 0 Å². The van der Waals surface area contributed by atoms with Gasteiger partial charge in [-0.3, -0.25) is 14.4 Å². The molecule has 3 saturated heterocycles. The third-order valence-corrected chi connectivity index (χ3v) is 11.9. The summed E-state index contributed by atoms with van der Waals surface area (Å²) in [7, 11) is 0. The van der Waals surface area contributed by atoms with Gasteiger partial charge in [-0.05, 0) is 102 Å². The van der Waals surface area contributed by atoms with Crippen LogP contribution < -0.4 is 5.32 Å². The number of likely N-dealkylation sites (tertiary alicyclic amines) is 3. The number of carbonyl (C=O) groups is 5. The van der Waals surface area contributed by atoms with Gasteiger partial charge >= 0.3 is 18.1 Å². The summed E-state index contributed by atoms with van der Waals surface area (Å²) in [4.78, 5) is 71.0. The summed E-state index contributed by atoms with van der Waals surface area (Å²) < 4.78 is 6.49. The number of piperidine rings is 3. The van der Waals surface area contributed by atoms with Crippen LogP contribution >= 0.6 is 15.9 Å². The van der Waals surface area contributed by atoms with Crippen molar-refractivity contribution in [3.63, 3.8) is 0 Å². The number of phenolic OH excluding ortho intramolecular Hbond substituents is 1. The molecule has 14 heteroatoms. The number of hydrogen-bond acceptors (Lipinski definition) is 7. The molecule has 5 amide bonds. The van der Waals surface area contributed by atoms with Crippen LogP contribution in [0.15, 0.2) is 46.9 Å². The molecular formula is C38H48BrN5O8. The van der Waals surface area contributed by atoms with Gasteiger partial charge in [-0.2, -0.15) is 0 Å². The molecule has 4 aliphatic heterocycles. The number of aliphatic carboxylic acids is 1. The highest BCUT2D eigenvalue weighted by Gasteiger charge is 2.37. The summed E-state index contributed by atoms with van der Waals surface area (Å²) in [5.41, 5.74) is 2.67. The molecule has 52 heavy (non-hydrogen) atoms. The molecule has 0 saturated carbocycles. The zero-order valence-corrected chi connectivity index (χ0v) is 31.0. The van der Waals surface area contributed by atoms with Gasteiger partial charge in [0.15, 0.2) is 6.10 Å². The Bertz CT molecular complexity index is 1630. The molecule has 4 heterocycles. The molecule has 6 rings (SSSR count). The molecule has 0 aliphatic carbocycles. The van der Waals surface area contributed by atoms with E-state index in [0.29, 0.717) is 75.0 Å². The number of ether oxygens (including phenoxy) is 1. The third kappa shape index (κ3) is 9.17. The van der Waals surface area contributed by atoms with Gasteiger partial charge in [0.2, 0.25) is 5.91 Å². The van der Waals surface area contributed by atoms with Crippen molar-refractivity contribution in [3.8, 4) is 5.75 Å². The Kier molecular flexibility index (Phi) is 12.2. The Hall–Kier alpha value is -4.33. The van der Waals surface area contributed by atoms with E-state index in [4.69, 9.17) is 9.84 Å². The SMILES string of the molecule is O=C(O)CCC(=O)N1CCC(C2CCN(C(=O)[C@@H](Cc3ccc(O)c(Br)c3)OC(=O)N3CCC(N4CCc5ccccc5NC4=O)CC3)CC2)CC1. The average Bonchev–Trinajstić information content (AvgIpc) is 3.32. The van der Waals surface area contributed by atoms with Crippen molar-refractivity contribution in [1.82, 2.24) is 19.6 Å². The third-order valence-electron chi connectivity index (χ3n) is 11.2. The molecule has 0 unspecified atom stereocenters. The summed E-state index contributed by atoms with van der Waals surface area (Å²) in [6.45, 7) is 3.74. The number of rotatable bonds is 9. The summed E-state index contributed by atoms with van der Waals surface area (Å²) in [5.74, 6) is -0.400. The van der Waals surface area contributed by atoms with Crippen LogP contribution in [0.1, 0.15) is 62.5 Å². The highest BCUT2D eigenvalue weighted by atomic mass is 79.9. The number of urea groups is 1. The second kappa shape index (κ2) is 17.0. The monoisotopic (exact) mass is 781 g/mol. The topological polar surface area (TPSA) is 160 Å². The number of carboxylic acid groups (broad SMARTS) is 1. The first-order chi connectivity index (χ1) is 25.0. The molecule has 0 radical (unpaired) electrons. The summed E-state index contributed by atoms with van der Waals surface area (Å²) >= 11 is 3.35. The second-order valence-electron chi connectivity index (χ2n) is 14.4. The minimum absolute atomic E-state index is 0.0175. The molecule has 0 spiro atoms. The molecular weight excluding hydrogens is 734 g/mol. The maximum absolute atomic E-state index is 14.0. The van der Waals surface area contributed by atoms with E-state index in [0.717, 1.165) is 48.9 Å². The number of halogens is 1. The van der Waals surface area contributed by atoms with Gasteiger partial charge in [-0.1, -0.05) is 24.3 Å². The summed E-state index contributed by atoms with van der Waals surface area (Å²) in [6.07, 6.45) is 3.74. The maximum atomic E-state index is 14.0. The van der Waals surface area contributed by atoms with Crippen molar-refractivity contribution in [2.45, 2.75) is 76.4 Å². The predicted octanol–water partition coefficient (Wildman–Crippen LogP) is 5.10. The first kappa shape index (κ1) is 37.4. The number of nitrogens with zero attached hydrogens (tertiary/aromatic N) is 4. The van der Waals surface area contributed by atoms with Crippen molar-refractivity contribution >= 4 is 51.5 Å². The summed E-state index contributed by atoms with van der Waals surface area (Å²) in [5, 5.41) is 22.0. The summed E-state index contributed by atoms with van der Waals surface area (Å²) in [6, 6.07) is 12.7. The average molecular weight is 783 g/mol. The number of hydrogen-bond donors (Lipinski definition) is 3.